The Kier molecular flexibility index (Phi) is 15.2. The van der Waals surface area contributed by atoms with Crippen LogP contribution >= 0.6 is 0 Å². The maximum atomic E-state index is 10.6. The second kappa shape index (κ2) is 12.8. The third kappa shape index (κ3) is 38.5. The predicted octanol–water partition coefficient (Wildman–Crippen LogP) is 1.31. The average Bonchev–Trinajstić information content (AvgIpc) is 2.28. The molecule has 0 aliphatic rings. The minimum absolute atomic E-state index is 0.123. The van der Waals surface area contributed by atoms with E-state index in [9.17, 15) is 9.59 Å². The molecule has 2 amide bonds. The summed E-state index contributed by atoms with van der Waals surface area (Å²) in [5.74, 6) is -0.604. The molecule has 0 saturated carbocycles. The van der Waals surface area contributed by atoms with Crippen LogP contribution in [-0.2, 0) is 9.59 Å². The van der Waals surface area contributed by atoms with Gasteiger partial charge in [0.15, 0.2) is 0 Å². The molecule has 0 aliphatic heterocycles. The number of nitrogens with one attached hydrogen (secondary N) is 1. The van der Waals surface area contributed by atoms with Crippen molar-refractivity contribution in [2.24, 2.45) is 5.73 Å². The first kappa shape index (κ1) is 22.6. The summed E-state index contributed by atoms with van der Waals surface area (Å²) in [5.41, 5.74) is 4.39. The lowest BCUT2D eigenvalue weighted by molar-refractivity contribution is -0.117. The van der Waals surface area contributed by atoms with Crippen LogP contribution in [-0.4, -0.2) is 42.9 Å². The Labute approximate surface area is 117 Å². The van der Waals surface area contributed by atoms with E-state index in [1.165, 1.54) is 6.08 Å². The molecule has 0 radical (unpaired) electrons. The van der Waals surface area contributed by atoms with E-state index in [0.29, 0.717) is 0 Å². The van der Waals surface area contributed by atoms with Crippen molar-refractivity contribution >= 4 is 11.8 Å². The van der Waals surface area contributed by atoms with Gasteiger partial charge >= 0.3 is 0 Å². The van der Waals surface area contributed by atoms with Crippen molar-refractivity contribution in [3.63, 3.8) is 0 Å². The Morgan fingerprint density at radius 3 is 1.58 bits per heavy atom. The van der Waals surface area contributed by atoms with Gasteiger partial charge < -0.3 is 16.0 Å². The van der Waals surface area contributed by atoms with Crippen molar-refractivity contribution in [3.8, 4) is 0 Å². The van der Waals surface area contributed by atoms with Gasteiger partial charge in [-0.1, -0.05) is 20.1 Å². The largest absolute Gasteiger partial charge is 0.366 e. The maximum absolute atomic E-state index is 10.6. The Morgan fingerprint density at radius 2 is 1.53 bits per heavy atom. The number of amides is 2. The highest BCUT2D eigenvalue weighted by molar-refractivity contribution is 5.87. The van der Waals surface area contributed by atoms with Crippen LogP contribution in [0.15, 0.2) is 25.3 Å². The normalized spacial score (nSPS) is 9.21. The van der Waals surface area contributed by atoms with Gasteiger partial charge in [0.2, 0.25) is 11.8 Å². The first-order valence-corrected chi connectivity index (χ1v) is 6.01. The number of hydrogen-bond acceptors (Lipinski definition) is 3. The molecule has 0 spiro atoms. The van der Waals surface area contributed by atoms with Crippen molar-refractivity contribution in [1.82, 2.24) is 10.2 Å². The molecular formula is C14H29N3O2. The predicted molar refractivity (Wildman–Crippen MR) is 81.7 cm³/mol. The highest BCUT2D eigenvalue weighted by Crippen LogP contribution is 1.97. The summed E-state index contributed by atoms with van der Waals surface area (Å²) in [6.45, 7) is 15.5. The fraction of sp³-hybridized carbons (Fsp3) is 0.571. The molecule has 0 bridgehead atoms. The third-order valence-corrected chi connectivity index (χ3v) is 1.52. The van der Waals surface area contributed by atoms with E-state index in [-0.39, 0.29) is 11.4 Å². The van der Waals surface area contributed by atoms with Crippen LogP contribution in [0.1, 0.15) is 27.7 Å². The molecule has 0 aromatic heterocycles. The molecule has 5 nitrogen and oxygen atoms in total. The molecule has 0 aromatic rings. The van der Waals surface area contributed by atoms with E-state index in [0.717, 1.165) is 12.6 Å². The Hall–Kier alpha value is -1.62. The van der Waals surface area contributed by atoms with Crippen LogP contribution in [0.2, 0.25) is 0 Å². The molecule has 0 saturated heterocycles. The number of nitrogens with zero attached hydrogens (tertiary/aromatic N) is 1. The Balaban J connectivity index is -0.000000219. The number of hydrogen-bond donors (Lipinski definition) is 2. The van der Waals surface area contributed by atoms with Crippen LogP contribution in [0.5, 0.6) is 0 Å². The van der Waals surface area contributed by atoms with Crippen LogP contribution in [0.25, 0.3) is 0 Å². The van der Waals surface area contributed by atoms with Gasteiger partial charge in [-0.2, -0.15) is 0 Å². The van der Waals surface area contributed by atoms with Crippen LogP contribution < -0.4 is 11.1 Å². The fourth-order valence-electron chi connectivity index (χ4n) is 0.421. The van der Waals surface area contributed by atoms with Gasteiger partial charge in [-0.05, 0) is 53.6 Å². The van der Waals surface area contributed by atoms with E-state index >= 15 is 0 Å². The van der Waals surface area contributed by atoms with Crippen molar-refractivity contribution in [2.75, 3.05) is 20.6 Å². The molecule has 0 aliphatic carbocycles. The van der Waals surface area contributed by atoms with Gasteiger partial charge in [-0.3, -0.25) is 9.59 Å². The van der Waals surface area contributed by atoms with E-state index in [2.05, 4.69) is 50.1 Å². The summed E-state index contributed by atoms with van der Waals surface area (Å²) in [6, 6.07) is 0. The van der Waals surface area contributed by atoms with E-state index in [4.69, 9.17) is 0 Å². The van der Waals surface area contributed by atoms with Crippen molar-refractivity contribution in [2.45, 2.75) is 33.2 Å². The standard InChI is InChI=1S/C7H13NO.C4H11N.C3H5NO/c1-5-6(9)8-7(2,3)4;1-4-5(2)3;1-2-3(4)5/h5H,1H2,2-4H3,(H,8,9);4H2,1-3H3;2H,1H2,(H2,4,5). The quantitative estimate of drug-likeness (QED) is 0.760. The van der Waals surface area contributed by atoms with Crippen LogP contribution in [0.3, 0.4) is 0 Å². The number of rotatable bonds is 3. The molecule has 0 aromatic carbocycles. The summed E-state index contributed by atoms with van der Waals surface area (Å²) in [5, 5.41) is 2.71. The SMILES string of the molecule is C=CC(=O)NC(C)(C)C.C=CC(N)=O.CCN(C)C. The lowest BCUT2D eigenvalue weighted by atomic mass is 10.1. The molecule has 0 atom stereocenters. The molecule has 112 valence electrons. The zero-order valence-corrected chi connectivity index (χ0v) is 13.1. The van der Waals surface area contributed by atoms with Gasteiger partial charge in [0.1, 0.15) is 0 Å². The number of carbonyl (C=O) groups excluding carboxylic acids is 2. The molecule has 19 heavy (non-hydrogen) atoms. The van der Waals surface area contributed by atoms with Gasteiger partial charge in [0, 0.05) is 5.54 Å². The minimum atomic E-state index is -0.481. The average molecular weight is 271 g/mol. The first-order chi connectivity index (χ1) is 8.49. The molecule has 0 heterocycles. The van der Waals surface area contributed by atoms with Crippen LogP contribution in [0, 0.1) is 0 Å². The van der Waals surface area contributed by atoms with Crippen molar-refractivity contribution < 1.29 is 9.59 Å². The molecule has 0 rings (SSSR count). The summed E-state index contributed by atoms with van der Waals surface area (Å²) in [7, 11) is 4.11. The molecular weight excluding hydrogens is 242 g/mol. The van der Waals surface area contributed by atoms with Crippen molar-refractivity contribution in [1.29, 1.82) is 0 Å². The maximum Gasteiger partial charge on any atom is 0.243 e. The third-order valence-electron chi connectivity index (χ3n) is 1.52. The number of nitrogens with two attached hydrogens (primary N) is 1. The molecule has 0 unspecified atom stereocenters. The van der Waals surface area contributed by atoms with E-state index < -0.39 is 5.91 Å². The first-order valence-electron chi connectivity index (χ1n) is 6.01. The van der Waals surface area contributed by atoms with E-state index in [1.807, 2.05) is 20.8 Å². The van der Waals surface area contributed by atoms with Gasteiger partial charge in [-0.15, -0.1) is 0 Å². The van der Waals surface area contributed by atoms with Gasteiger partial charge in [0.05, 0.1) is 0 Å². The number of primary amides is 1. The summed E-state index contributed by atoms with van der Waals surface area (Å²) in [4.78, 5) is 22.2. The second-order valence-corrected chi connectivity index (χ2v) is 4.95. The summed E-state index contributed by atoms with van der Waals surface area (Å²) < 4.78 is 0. The zero-order chi connectivity index (χ0) is 16.1. The smallest absolute Gasteiger partial charge is 0.243 e. The van der Waals surface area contributed by atoms with Gasteiger partial charge in [-0.25, -0.2) is 0 Å². The zero-order valence-electron chi connectivity index (χ0n) is 13.1. The highest BCUT2D eigenvalue weighted by Gasteiger charge is 2.10. The minimum Gasteiger partial charge on any atom is -0.366 e. The van der Waals surface area contributed by atoms with E-state index in [1.54, 1.807) is 0 Å². The Bertz CT molecular complexity index is 279. The molecule has 5 heteroatoms. The molecule has 0 fully saturated rings. The lowest BCUT2D eigenvalue weighted by Gasteiger charge is -2.18. The number of carbonyl (C=O) groups is 2. The van der Waals surface area contributed by atoms with Gasteiger partial charge in [0.25, 0.3) is 0 Å². The summed E-state index contributed by atoms with van der Waals surface area (Å²) >= 11 is 0. The summed E-state index contributed by atoms with van der Waals surface area (Å²) in [6.07, 6.45) is 2.32. The topological polar surface area (TPSA) is 75.4 Å². The fourth-order valence-corrected chi connectivity index (χ4v) is 0.421. The lowest BCUT2D eigenvalue weighted by Crippen LogP contribution is -2.39. The van der Waals surface area contributed by atoms with Crippen molar-refractivity contribution in [3.05, 3.63) is 25.3 Å². The molecule has 3 N–H and O–H groups in total. The second-order valence-electron chi connectivity index (χ2n) is 4.95. The Morgan fingerprint density at radius 1 is 1.21 bits per heavy atom. The monoisotopic (exact) mass is 271 g/mol. The highest BCUT2D eigenvalue weighted by atomic mass is 16.1. The van der Waals surface area contributed by atoms with Crippen LogP contribution in [0.4, 0.5) is 0 Å².